The predicted molar refractivity (Wildman–Crippen MR) is 95.0 cm³/mol. The molecule has 4 nitrogen and oxygen atoms in total. The number of ether oxygens (including phenoxy) is 1. The molecule has 24 heavy (non-hydrogen) atoms. The Morgan fingerprint density at radius 1 is 1.25 bits per heavy atom. The van der Waals surface area contributed by atoms with E-state index in [2.05, 4.69) is 12.2 Å². The average Bonchev–Trinajstić information content (AvgIpc) is 2.52. The topological polar surface area (TPSA) is 55.4 Å². The fourth-order valence-electron chi connectivity index (χ4n) is 2.68. The van der Waals surface area contributed by atoms with Gasteiger partial charge in [-0.15, -0.1) is 0 Å². The van der Waals surface area contributed by atoms with Gasteiger partial charge in [0.25, 0.3) is 5.91 Å². The van der Waals surface area contributed by atoms with E-state index in [1.165, 1.54) is 12.2 Å². The lowest BCUT2D eigenvalue weighted by atomic mass is 9.89. The van der Waals surface area contributed by atoms with Crippen molar-refractivity contribution in [2.24, 2.45) is 0 Å². The van der Waals surface area contributed by atoms with Crippen LogP contribution in [0.3, 0.4) is 0 Å². The van der Waals surface area contributed by atoms with Gasteiger partial charge in [-0.1, -0.05) is 31.0 Å². The summed E-state index contributed by atoms with van der Waals surface area (Å²) in [5, 5.41) is 3.43. The van der Waals surface area contributed by atoms with E-state index in [-0.39, 0.29) is 11.7 Å². The number of amides is 1. The minimum Gasteiger partial charge on any atom is -0.348 e. The number of halogens is 1. The maximum absolute atomic E-state index is 12.7. The van der Waals surface area contributed by atoms with Gasteiger partial charge in [0, 0.05) is 10.6 Å². The molecule has 1 aromatic carbocycles. The van der Waals surface area contributed by atoms with Crippen molar-refractivity contribution in [3.63, 3.8) is 0 Å². The summed E-state index contributed by atoms with van der Waals surface area (Å²) >= 11 is 5.97. The smallest absolute Gasteiger partial charge is 0.254 e. The molecule has 0 aromatic heterocycles. The van der Waals surface area contributed by atoms with Crippen LogP contribution in [0.4, 0.5) is 0 Å². The lowest BCUT2D eigenvalue weighted by Crippen LogP contribution is -2.54. The van der Waals surface area contributed by atoms with Crippen LogP contribution in [-0.4, -0.2) is 24.0 Å². The van der Waals surface area contributed by atoms with Gasteiger partial charge in [-0.3, -0.25) is 9.59 Å². The molecule has 5 heteroatoms. The molecule has 0 saturated heterocycles. The van der Waals surface area contributed by atoms with Crippen molar-refractivity contribution in [2.75, 3.05) is 6.61 Å². The van der Waals surface area contributed by atoms with Crippen LogP contribution in [0.5, 0.6) is 0 Å². The first-order valence-corrected chi connectivity index (χ1v) is 8.40. The highest BCUT2D eigenvalue weighted by molar-refractivity contribution is 6.31. The number of benzene rings is 1. The molecule has 1 aliphatic carbocycles. The Labute approximate surface area is 147 Å². The first-order chi connectivity index (χ1) is 11.4. The van der Waals surface area contributed by atoms with Crippen molar-refractivity contribution in [3.8, 4) is 0 Å². The number of carbonyl (C=O) groups excluding carboxylic acids is 2. The summed E-state index contributed by atoms with van der Waals surface area (Å²) in [5.74, 6) is -0.402. The van der Waals surface area contributed by atoms with E-state index in [1.807, 2.05) is 0 Å². The van der Waals surface area contributed by atoms with Gasteiger partial charge in [0.05, 0.1) is 6.61 Å². The summed E-state index contributed by atoms with van der Waals surface area (Å²) in [6, 6.07) is 6.72. The van der Waals surface area contributed by atoms with Gasteiger partial charge < -0.3 is 10.1 Å². The number of carbonyl (C=O) groups is 2. The van der Waals surface area contributed by atoms with Crippen molar-refractivity contribution in [1.82, 2.24) is 5.32 Å². The fraction of sp³-hybridized carbons (Fsp3) is 0.368. The van der Waals surface area contributed by atoms with Crippen molar-refractivity contribution in [2.45, 2.75) is 39.3 Å². The van der Waals surface area contributed by atoms with E-state index >= 15 is 0 Å². The summed E-state index contributed by atoms with van der Waals surface area (Å²) in [4.78, 5) is 24.5. The monoisotopic (exact) mass is 347 g/mol. The zero-order valence-electron chi connectivity index (χ0n) is 14.2. The lowest BCUT2D eigenvalue weighted by molar-refractivity contribution is -0.111. The summed E-state index contributed by atoms with van der Waals surface area (Å²) in [6.07, 6.45) is 4.83. The Morgan fingerprint density at radius 2 is 1.92 bits per heavy atom. The minimum atomic E-state index is -1.09. The molecule has 0 atom stereocenters. The first kappa shape index (κ1) is 18.4. The average molecular weight is 348 g/mol. The summed E-state index contributed by atoms with van der Waals surface area (Å²) in [5.41, 5.74) is 0.680. The Kier molecular flexibility index (Phi) is 5.97. The van der Waals surface area contributed by atoms with Gasteiger partial charge >= 0.3 is 0 Å². The zero-order chi connectivity index (χ0) is 17.7. The molecule has 0 fully saturated rings. The van der Waals surface area contributed by atoms with E-state index in [0.717, 1.165) is 12.8 Å². The SMILES string of the molecule is CCCCOC1(NC(=O)c2cccc(Cl)c2)C(C)=CC(=O)C=C1C. The van der Waals surface area contributed by atoms with Crippen LogP contribution in [0, 0.1) is 0 Å². The molecule has 0 unspecified atom stereocenters. The molecule has 0 aliphatic heterocycles. The number of rotatable bonds is 6. The van der Waals surface area contributed by atoms with E-state index in [4.69, 9.17) is 16.3 Å². The Bertz CT molecular complexity index is 684. The second kappa shape index (κ2) is 7.77. The normalized spacial score (nSPS) is 16.4. The number of unbranched alkanes of at least 4 members (excludes halogenated alkanes) is 1. The van der Waals surface area contributed by atoms with Gasteiger partial charge in [0.2, 0.25) is 0 Å². The number of hydrogen-bond donors (Lipinski definition) is 1. The lowest BCUT2D eigenvalue weighted by Gasteiger charge is -2.38. The molecule has 0 saturated carbocycles. The van der Waals surface area contributed by atoms with Crippen LogP contribution < -0.4 is 5.32 Å². The number of ketones is 1. The van der Waals surface area contributed by atoms with Gasteiger partial charge in [-0.05, 0) is 61.8 Å². The molecule has 1 aromatic rings. The second-order valence-electron chi connectivity index (χ2n) is 5.90. The Balaban J connectivity index is 2.33. The third kappa shape index (κ3) is 3.94. The molecule has 128 valence electrons. The van der Waals surface area contributed by atoms with Crippen LogP contribution in [0.2, 0.25) is 5.02 Å². The molecule has 1 N–H and O–H groups in total. The number of hydrogen-bond acceptors (Lipinski definition) is 3. The van der Waals surface area contributed by atoms with Gasteiger partial charge in [-0.25, -0.2) is 0 Å². The van der Waals surface area contributed by atoms with E-state index in [0.29, 0.717) is 28.3 Å². The van der Waals surface area contributed by atoms with Crippen LogP contribution in [0.1, 0.15) is 44.0 Å². The molecule has 0 radical (unpaired) electrons. The molecular weight excluding hydrogens is 326 g/mol. The van der Waals surface area contributed by atoms with E-state index < -0.39 is 5.72 Å². The summed E-state index contributed by atoms with van der Waals surface area (Å²) in [6.45, 7) is 6.13. The largest absolute Gasteiger partial charge is 0.348 e. The third-order valence-electron chi connectivity index (χ3n) is 4.02. The third-order valence-corrected chi connectivity index (χ3v) is 4.26. The molecule has 0 heterocycles. The molecular formula is C19H22ClNO3. The van der Waals surface area contributed by atoms with Crippen molar-refractivity contribution in [1.29, 1.82) is 0 Å². The molecule has 0 spiro atoms. The van der Waals surface area contributed by atoms with E-state index in [1.54, 1.807) is 38.1 Å². The standard InChI is InChI=1S/C19H22ClNO3/c1-4-5-9-24-19(13(2)10-17(22)11-14(19)3)21-18(23)15-7-6-8-16(20)12-15/h6-8,10-12H,4-5,9H2,1-3H3,(H,21,23). The first-order valence-electron chi connectivity index (χ1n) is 8.02. The highest BCUT2D eigenvalue weighted by atomic mass is 35.5. The molecule has 0 bridgehead atoms. The maximum Gasteiger partial charge on any atom is 0.254 e. The molecule has 1 aliphatic rings. The molecule has 2 rings (SSSR count). The number of nitrogens with one attached hydrogen (secondary N) is 1. The Morgan fingerprint density at radius 3 is 2.50 bits per heavy atom. The highest BCUT2D eigenvalue weighted by Gasteiger charge is 2.39. The van der Waals surface area contributed by atoms with Crippen LogP contribution in [-0.2, 0) is 9.53 Å². The van der Waals surface area contributed by atoms with Crippen LogP contribution in [0.15, 0.2) is 47.6 Å². The van der Waals surface area contributed by atoms with Gasteiger partial charge in [0.1, 0.15) is 0 Å². The Hall–Kier alpha value is -1.91. The summed E-state index contributed by atoms with van der Waals surface area (Å²) in [7, 11) is 0. The highest BCUT2D eigenvalue weighted by Crippen LogP contribution is 2.31. The maximum atomic E-state index is 12.7. The summed E-state index contributed by atoms with van der Waals surface area (Å²) < 4.78 is 6.05. The van der Waals surface area contributed by atoms with Crippen LogP contribution in [0.25, 0.3) is 0 Å². The second-order valence-corrected chi connectivity index (χ2v) is 6.34. The van der Waals surface area contributed by atoms with Crippen LogP contribution >= 0.6 is 11.6 Å². The minimum absolute atomic E-state index is 0.100. The fourth-order valence-corrected chi connectivity index (χ4v) is 2.87. The number of allylic oxidation sites excluding steroid dienone is 2. The van der Waals surface area contributed by atoms with E-state index in [9.17, 15) is 9.59 Å². The van der Waals surface area contributed by atoms with Crippen molar-refractivity contribution in [3.05, 3.63) is 58.1 Å². The van der Waals surface area contributed by atoms with Gasteiger partial charge in [-0.2, -0.15) is 0 Å². The molecule has 1 amide bonds. The zero-order valence-corrected chi connectivity index (χ0v) is 14.9. The van der Waals surface area contributed by atoms with Crippen molar-refractivity contribution < 1.29 is 14.3 Å². The van der Waals surface area contributed by atoms with Gasteiger partial charge in [0.15, 0.2) is 11.5 Å². The predicted octanol–water partition coefficient (Wildman–Crippen LogP) is 4.06. The quantitative estimate of drug-likeness (QED) is 0.623. The van der Waals surface area contributed by atoms with Crippen molar-refractivity contribution >= 4 is 23.3 Å².